The SMILES string of the molecule is Cc1ccc(C(=O)Nc2ccc(NC(C)C)cc2)cc1. The highest BCUT2D eigenvalue weighted by atomic mass is 16.1. The number of carbonyl (C=O) groups is 1. The van der Waals surface area contributed by atoms with Crippen molar-refractivity contribution in [1.82, 2.24) is 0 Å². The summed E-state index contributed by atoms with van der Waals surface area (Å²) in [5.74, 6) is -0.0884. The number of hydrogen-bond donors (Lipinski definition) is 2. The van der Waals surface area contributed by atoms with Crippen molar-refractivity contribution in [3.05, 3.63) is 59.7 Å². The molecule has 2 rings (SSSR count). The molecule has 1 amide bonds. The van der Waals surface area contributed by atoms with Crippen molar-refractivity contribution < 1.29 is 4.79 Å². The molecule has 2 aromatic rings. The van der Waals surface area contributed by atoms with Crippen LogP contribution in [0.4, 0.5) is 11.4 Å². The molecule has 3 heteroatoms. The lowest BCUT2D eigenvalue weighted by Gasteiger charge is -2.11. The standard InChI is InChI=1S/C17H20N2O/c1-12(2)18-15-8-10-16(11-9-15)19-17(20)14-6-4-13(3)5-7-14/h4-12,18H,1-3H3,(H,19,20). The van der Waals surface area contributed by atoms with E-state index in [1.165, 1.54) is 0 Å². The van der Waals surface area contributed by atoms with Crippen LogP contribution in [-0.2, 0) is 0 Å². The van der Waals surface area contributed by atoms with Crippen molar-refractivity contribution in [3.8, 4) is 0 Å². The third-order valence-corrected chi connectivity index (χ3v) is 2.91. The average Bonchev–Trinajstić information content (AvgIpc) is 2.41. The molecule has 2 aromatic carbocycles. The summed E-state index contributed by atoms with van der Waals surface area (Å²) in [6.45, 7) is 6.18. The third kappa shape index (κ3) is 3.85. The Kier molecular flexibility index (Phi) is 4.41. The first-order chi connectivity index (χ1) is 9.54. The molecule has 0 heterocycles. The molecule has 0 aliphatic carbocycles. The van der Waals surface area contributed by atoms with Gasteiger partial charge in [-0.2, -0.15) is 0 Å². The quantitative estimate of drug-likeness (QED) is 0.877. The Morgan fingerprint density at radius 2 is 1.45 bits per heavy atom. The summed E-state index contributed by atoms with van der Waals surface area (Å²) in [4.78, 5) is 12.1. The van der Waals surface area contributed by atoms with Crippen molar-refractivity contribution in [1.29, 1.82) is 0 Å². The lowest BCUT2D eigenvalue weighted by atomic mass is 10.1. The summed E-state index contributed by atoms with van der Waals surface area (Å²) >= 11 is 0. The average molecular weight is 268 g/mol. The summed E-state index contributed by atoms with van der Waals surface area (Å²) in [5.41, 5.74) is 3.66. The first kappa shape index (κ1) is 14.1. The Morgan fingerprint density at radius 1 is 0.900 bits per heavy atom. The molecule has 0 bridgehead atoms. The Balaban J connectivity index is 2.02. The molecule has 0 saturated heterocycles. The lowest BCUT2D eigenvalue weighted by Crippen LogP contribution is -2.12. The molecule has 104 valence electrons. The van der Waals surface area contributed by atoms with Crippen LogP contribution in [0.15, 0.2) is 48.5 Å². The molecule has 0 spiro atoms. The van der Waals surface area contributed by atoms with E-state index in [9.17, 15) is 4.79 Å². The maximum atomic E-state index is 12.1. The van der Waals surface area contributed by atoms with Gasteiger partial charge in [-0.25, -0.2) is 0 Å². The first-order valence-electron chi connectivity index (χ1n) is 6.79. The smallest absolute Gasteiger partial charge is 0.255 e. The molecule has 20 heavy (non-hydrogen) atoms. The molecule has 0 saturated carbocycles. The highest BCUT2D eigenvalue weighted by molar-refractivity contribution is 6.04. The van der Waals surface area contributed by atoms with Gasteiger partial charge in [0, 0.05) is 23.0 Å². The van der Waals surface area contributed by atoms with E-state index in [0.717, 1.165) is 16.9 Å². The molecule has 0 fully saturated rings. The molecule has 0 aliphatic rings. The van der Waals surface area contributed by atoms with Gasteiger partial charge in [0.05, 0.1) is 0 Å². The monoisotopic (exact) mass is 268 g/mol. The topological polar surface area (TPSA) is 41.1 Å². The van der Waals surface area contributed by atoms with E-state index in [1.54, 1.807) is 0 Å². The predicted octanol–water partition coefficient (Wildman–Crippen LogP) is 4.07. The van der Waals surface area contributed by atoms with Gasteiger partial charge in [-0.3, -0.25) is 4.79 Å². The van der Waals surface area contributed by atoms with Crippen LogP contribution in [0.3, 0.4) is 0 Å². The van der Waals surface area contributed by atoms with Gasteiger partial charge in [-0.15, -0.1) is 0 Å². The van der Waals surface area contributed by atoms with Crippen LogP contribution in [0.25, 0.3) is 0 Å². The molecule has 2 N–H and O–H groups in total. The number of nitrogens with one attached hydrogen (secondary N) is 2. The minimum atomic E-state index is -0.0884. The molecule has 0 aliphatic heterocycles. The second kappa shape index (κ2) is 6.24. The van der Waals surface area contributed by atoms with Crippen LogP contribution in [-0.4, -0.2) is 11.9 Å². The van der Waals surface area contributed by atoms with Crippen LogP contribution in [0, 0.1) is 6.92 Å². The van der Waals surface area contributed by atoms with Crippen molar-refractivity contribution in [2.24, 2.45) is 0 Å². The highest BCUT2D eigenvalue weighted by Gasteiger charge is 2.05. The first-order valence-corrected chi connectivity index (χ1v) is 6.79. The maximum Gasteiger partial charge on any atom is 0.255 e. The number of anilines is 2. The van der Waals surface area contributed by atoms with Crippen LogP contribution in [0.2, 0.25) is 0 Å². The zero-order chi connectivity index (χ0) is 14.5. The van der Waals surface area contributed by atoms with Gasteiger partial charge >= 0.3 is 0 Å². The van der Waals surface area contributed by atoms with Crippen molar-refractivity contribution in [3.63, 3.8) is 0 Å². The number of aryl methyl sites for hydroxylation is 1. The highest BCUT2D eigenvalue weighted by Crippen LogP contribution is 2.15. The van der Waals surface area contributed by atoms with Crippen molar-refractivity contribution >= 4 is 17.3 Å². The third-order valence-electron chi connectivity index (χ3n) is 2.91. The largest absolute Gasteiger partial charge is 0.383 e. The minimum Gasteiger partial charge on any atom is -0.383 e. The van der Waals surface area contributed by atoms with Crippen LogP contribution >= 0.6 is 0 Å². The summed E-state index contributed by atoms with van der Waals surface area (Å²) in [6, 6.07) is 15.7. The van der Waals surface area contributed by atoms with Gasteiger partial charge in [0.15, 0.2) is 0 Å². The van der Waals surface area contributed by atoms with Crippen LogP contribution < -0.4 is 10.6 Å². The molecule has 0 atom stereocenters. The fourth-order valence-corrected chi connectivity index (χ4v) is 1.89. The minimum absolute atomic E-state index is 0.0884. The van der Waals surface area contributed by atoms with E-state index in [4.69, 9.17) is 0 Å². The predicted molar refractivity (Wildman–Crippen MR) is 84.3 cm³/mol. The molecular formula is C17H20N2O. The molecule has 0 aromatic heterocycles. The van der Waals surface area contributed by atoms with Crippen molar-refractivity contribution in [2.75, 3.05) is 10.6 Å². The molecule has 0 radical (unpaired) electrons. The van der Waals surface area contributed by atoms with Crippen molar-refractivity contribution in [2.45, 2.75) is 26.8 Å². The number of amides is 1. The number of hydrogen-bond acceptors (Lipinski definition) is 2. The van der Waals surface area contributed by atoms with Gasteiger partial charge in [-0.05, 0) is 57.2 Å². The summed E-state index contributed by atoms with van der Waals surface area (Å²) in [5, 5.41) is 6.20. The fourth-order valence-electron chi connectivity index (χ4n) is 1.89. The molecule has 0 unspecified atom stereocenters. The van der Waals surface area contributed by atoms with Gasteiger partial charge < -0.3 is 10.6 Å². The molecule has 3 nitrogen and oxygen atoms in total. The Labute approximate surface area is 120 Å². The number of benzene rings is 2. The zero-order valence-corrected chi connectivity index (χ0v) is 12.1. The van der Waals surface area contributed by atoms with Gasteiger partial charge in [-0.1, -0.05) is 17.7 Å². The number of rotatable bonds is 4. The zero-order valence-electron chi connectivity index (χ0n) is 12.1. The van der Waals surface area contributed by atoms with E-state index in [1.807, 2.05) is 55.5 Å². The van der Waals surface area contributed by atoms with E-state index >= 15 is 0 Å². The second-order valence-corrected chi connectivity index (χ2v) is 5.20. The van der Waals surface area contributed by atoms with Crippen LogP contribution in [0.1, 0.15) is 29.8 Å². The number of carbonyl (C=O) groups excluding carboxylic acids is 1. The summed E-state index contributed by atoms with van der Waals surface area (Å²) in [7, 11) is 0. The summed E-state index contributed by atoms with van der Waals surface area (Å²) < 4.78 is 0. The Hall–Kier alpha value is -2.29. The molecular weight excluding hydrogens is 248 g/mol. The lowest BCUT2D eigenvalue weighted by molar-refractivity contribution is 0.102. The summed E-state index contributed by atoms with van der Waals surface area (Å²) in [6.07, 6.45) is 0. The van der Waals surface area contributed by atoms with Crippen LogP contribution in [0.5, 0.6) is 0 Å². The second-order valence-electron chi connectivity index (χ2n) is 5.20. The Bertz CT molecular complexity index is 571. The van der Waals surface area contributed by atoms with Gasteiger partial charge in [0.1, 0.15) is 0 Å². The van der Waals surface area contributed by atoms with Gasteiger partial charge in [0.2, 0.25) is 0 Å². The maximum absolute atomic E-state index is 12.1. The fraction of sp³-hybridized carbons (Fsp3) is 0.235. The van der Waals surface area contributed by atoms with E-state index < -0.39 is 0 Å². The van der Waals surface area contributed by atoms with E-state index in [2.05, 4.69) is 24.5 Å². The van der Waals surface area contributed by atoms with Gasteiger partial charge in [0.25, 0.3) is 5.91 Å². The Morgan fingerprint density at radius 3 is 2.00 bits per heavy atom. The van der Waals surface area contributed by atoms with E-state index in [-0.39, 0.29) is 5.91 Å². The normalized spacial score (nSPS) is 10.4. The van der Waals surface area contributed by atoms with E-state index in [0.29, 0.717) is 11.6 Å².